The molecule has 1 aliphatic heterocycles. The van der Waals surface area contributed by atoms with Crippen LogP contribution in [0.4, 0.5) is 11.4 Å². The van der Waals surface area contributed by atoms with Crippen LogP contribution in [0.15, 0.2) is 28.8 Å². The van der Waals surface area contributed by atoms with Crippen molar-refractivity contribution in [3.05, 3.63) is 34.3 Å². The van der Waals surface area contributed by atoms with E-state index in [2.05, 4.69) is 45.0 Å². The Bertz CT molecular complexity index is 571. The van der Waals surface area contributed by atoms with Crippen LogP contribution in [0.1, 0.15) is 32.4 Å². The van der Waals surface area contributed by atoms with Gasteiger partial charge in [0.1, 0.15) is 6.04 Å². The van der Waals surface area contributed by atoms with E-state index in [0.29, 0.717) is 0 Å². The summed E-state index contributed by atoms with van der Waals surface area (Å²) in [6, 6.07) is 3.82. The van der Waals surface area contributed by atoms with Gasteiger partial charge in [-0.3, -0.25) is 4.79 Å². The van der Waals surface area contributed by atoms with Crippen LogP contribution in [0, 0.1) is 0 Å². The minimum absolute atomic E-state index is 0.0128. The molecule has 0 aliphatic carbocycles. The average molecular weight is 352 g/mol. The van der Waals surface area contributed by atoms with Gasteiger partial charge in [0.15, 0.2) is 0 Å². The Morgan fingerprint density at radius 1 is 1.48 bits per heavy atom. The summed E-state index contributed by atoms with van der Waals surface area (Å²) in [6.45, 7) is 12.6. The van der Waals surface area contributed by atoms with E-state index in [1.165, 1.54) is 0 Å². The number of rotatable bonds is 6. The fourth-order valence-electron chi connectivity index (χ4n) is 2.61. The van der Waals surface area contributed by atoms with E-state index in [1.54, 1.807) is 0 Å². The van der Waals surface area contributed by atoms with Crippen LogP contribution in [0.3, 0.4) is 0 Å². The highest BCUT2D eigenvalue weighted by molar-refractivity contribution is 9.10. The van der Waals surface area contributed by atoms with E-state index in [4.69, 9.17) is 0 Å². The smallest absolute Gasteiger partial charge is 0.246 e. The van der Waals surface area contributed by atoms with Crippen molar-refractivity contribution in [2.24, 2.45) is 0 Å². The van der Waals surface area contributed by atoms with Gasteiger partial charge in [0.2, 0.25) is 5.91 Å². The molecule has 114 valence electrons. The van der Waals surface area contributed by atoms with Gasteiger partial charge >= 0.3 is 0 Å². The molecular formula is C16H22BrN3O. The molecule has 1 aromatic rings. The number of likely N-dealkylation sites (N-methyl/N-ethyl adjacent to an activating group) is 2. The molecule has 1 aliphatic rings. The fourth-order valence-corrected chi connectivity index (χ4v) is 3.22. The van der Waals surface area contributed by atoms with Gasteiger partial charge in [-0.1, -0.05) is 19.1 Å². The molecule has 21 heavy (non-hydrogen) atoms. The summed E-state index contributed by atoms with van der Waals surface area (Å²) in [5.74, 6) is 0.0128. The molecule has 0 bridgehead atoms. The zero-order chi connectivity index (χ0) is 15.6. The Kier molecular flexibility index (Phi) is 5.06. The molecule has 2 rings (SSSR count). The van der Waals surface area contributed by atoms with Crippen molar-refractivity contribution in [3.8, 4) is 0 Å². The summed E-state index contributed by atoms with van der Waals surface area (Å²) in [5.41, 5.74) is 4.09. The molecule has 1 unspecified atom stereocenters. The Labute approximate surface area is 134 Å². The first-order valence-corrected chi connectivity index (χ1v) is 8.04. The van der Waals surface area contributed by atoms with Gasteiger partial charge in [-0.2, -0.15) is 0 Å². The van der Waals surface area contributed by atoms with Crippen molar-refractivity contribution in [1.82, 2.24) is 5.32 Å². The Hall–Kier alpha value is -1.33. The predicted molar refractivity (Wildman–Crippen MR) is 91.9 cm³/mol. The van der Waals surface area contributed by atoms with Gasteiger partial charge in [0.05, 0.1) is 5.69 Å². The van der Waals surface area contributed by atoms with Crippen LogP contribution in [-0.4, -0.2) is 25.5 Å². The van der Waals surface area contributed by atoms with E-state index in [1.807, 2.05) is 26.0 Å². The van der Waals surface area contributed by atoms with E-state index < -0.39 is 0 Å². The highest BCUT2D eigenvalue weighted by Crippen LogP contribution is 2.39. The maximum absolute atomic E-state index is 12.0. The van der Waals surface area contributed by atoms with Crippen LogP contribution < -0.4 is 15.5 Å². The maximum Gasteiger partial charge on any atom is 0.246 e. The molecule has 1 amide bonds. The fraction of sp³-hybridized carbons (Fsp3) is 0.438. The lowest BCUT2D eigenvalue weighted by Crippen LogP contribution is -2.27. The second kappa shape index (κ2) is 6.62. The molecule has 0 saturated carbocycles. The number of hydrogen-bond donors (Lipinski definition) is 2. The van der Waals surface area contributed by atoms with Crippen LogP contribution in [-0.2, 0) is 4.79 Å². The summed E-state index contributed by atoms with van der Waals surface area (Å²) in [7, 11) is 0. The topological polar surface area (TPSA) is 44.4 Å². The largest absolute Gasteiger partial charge is 0.367 e. The third kappa shape index (κ3) is 3.30. The van der Waals surface area contributed by atoms with Crippen molar-refractivity contribution in [3.63, 3.8) is 0 Å². The van der Waals surface area contributed by atoms with Crippen LogP contribution in [0.5, 0.6) is 0 Å². The molecule has 0 fully saturated rings. The number of benzene rings is 1. The summed E-state index contributed by atoms with van der Waals surface area (Å²) in [6.07, 6.45) is 0. The highest BCUT2D eigenvalue weighted by atomic mass is 79.9. The van der Waals surface area contributed by atoms with E-state index in [-0.39, 0.29) is 11.9 Å². The molecule has 5 heteroatoms. The molecular weight excluding hydrogens is 330 g/mol. The molecule has 1 atom stereocenters. The van der Waals surface area contributed by atoms with E-state index >= 15 is 0 Å². The van der Waals surface area contributed by atoms with Gasteiger partial charge < -0.3 is 15.5 Å². The summed E-state index contributed by atoms with van der Waals surface area (Å²) in [5, 5.41) is 6.17. The number of carbonyl (C=O) groups excluding carboxylic acids is 1. The quantitative estimate of drug-likeness (QED) is 0.771. The number of fused-ring (bicyclic) bond motifs is 1. The Morgan fingerprint density at radius 2 is 2.19 bits per heavy atom. The minimum Gasteiger partial charge on any atom is -0.367 e. The summed E-state index contributed by atoms with van der Waals surface area (Å²) < 4.78 is 1.00. The highest BCUT2D eigenvalue weighted by Gasteiger charge is 2.31. The van der Waals surface area contributed by atoms with Crippen LogP contribution in [0.25, 0.3) is 0 Å². The van der Waals surface area contributed by atoms with Crippen molar-refractivity contribution in [2.75, 3.05) is 29.9 Å². The number of hydrogen-bond acceptors (Lipinski definition) is 3. The average Bonchev–Trinajstić information content (AvgIpc) is 2.72. The number of carbonyl (C=O) groups is 1. The number of nitrogens with zero attached hydrogens (tertiary/aromatic N) is 1. The number of amides is 1. The molecule has 4 nitrogen and oxygen atoms in total. The van der Waals surface area contributed by atoms with Gasteiger partial charge in [0, 0.05) is 28.8 Å². The second-order valence-corrected chi connectivity index (χ2v) is 6.20. The first-order chi connectivity index (χ1) is 9.97. The second-order valence-electron chi connectivity index (χ2n) is 5.34. The standard InChI is InChI=1S/C16H22BrN3O/c1-5-18-15-11-7-12(17)14(8-13(11)19-16(15)21)20(6-2)9-10(3)4/h7-8,15,18H,3,5-6,9H2,1-2,4H3,(H,19,21). The third-order valence-corrected chi connectivity index (χ3v) is 4.18. The van der Waals surface area contributed by atoms with Crippen molar-refractivity contribution < 1.29 is 4.79 Å². The SMILES string of the molecule is C=C(C)CN(CC)c1cc2c(cc1Br)C(NCC)C(=O)N2. The normalized spacial score (nSPS) is 16.6. The molecule has 1 aromatic carbocycles. The van der Waals surface area contributed by atoms with Crippen molar-refractivity contribution in [1.29, 1.82) is 0 Å². The third-order valence-electron chi connectivity index (χ3n) is 3.54. The number of nitrogens with one attached hydrogen (secondary N) is 2. The maximum atomic E-state index is 12.0. The van der Waals surface area contributed by atoms with Gasteiger partial charge in [-0.25, -0.2) is 0 Å². The molecule has 0 saturated heterocycles. The molecule has 0 spiro atoms. The molecule has 0 radical (unpaired) electrons. The lowest BCUT2D eigenvalue weighted by atomic mass is 10.1. The van der Waals surface area contributed by atoms with Crippen molar-refractivity contribution in [2.45, 2.75) is 26.8 Å². The monoisotopic (exact) mass is 351 g/mol. The predicted octanol–water partition coefficient (Wildman–Crippen LogP) is 3.45. The number of halogens is 1. The zero-order valence-corrected chi connectivity index (χ0v) is 14.4. The lowest BCUT2D eigenvalue weighted by molar-refractivity contribution is -0.117. The Balaban J connectivity index is 2.38. The zero-order valence-electron chi connectivity index (χ0n) is 12.8. The van der Waals surface area contributed by atoms with Crippen LogP contribution >= 0.6 is 15.9 Å². The van der Waals surface area contributed by atoms with Crippen molar-refractivity contribution >= 4 is 33.2 Å². The van der Waals surface area contributed by atoms with Crippen LogP contribution in [0.2, 0.25) is 0 Å². The first-order valence-electron chi connectivity index (χ1n) is 7.24. The molecule has 1 heterocycles. The van der Waals surface area contributed by atoms with Gasteiger partial charge in [0.25, 0.3) is 0 Å². The Morgan fingerprint density at radius 3 is 2.76 bits per heavy atom. The number of anilines is 2. The molecule has 2 N–H and O–H groups in total. The summed E-state index contributed by atoms with van der Waals surface area (Å²) >= 11 is 3.64. The minimum atomic E-state index is -0.258. The first kappa shape index (κ1) is 16.0. The van der Waals surface area contributed by atoms with E-state index in [9.17, 15) is 4.79 Å². The van der Waals surface area contributed by atoms with E-state index in [0.717, 1.165) is 46.6 Å². The van der Waals surface area contributed by atoms with Gasteiger partial charge in [-0.15, -0.1) is 0 Å². The van der Waals surface area contributed by atoms with Gasteiger partial charge in [-0.05, 0) is 48.5 Å². The lowest BCUT2D eigenvalue weighted by Gasteiger charge is -2.25. The summed E-state index contributed by atoms with van der Waals surface area (Å²) in [4.78, 5) is 14.3. The molecule has 0 aromatic heterocycles.